The Hall–Kier alpha value is -2.80. The number of carbonyl (C=O) groups excluding carboxylic acids is 2. The summed E-state index contributed by atoms with van der Waals surface area (Å²) in [4.78, 5) is 27.7. The number of anilines is 1. The predicted molar refractivity (Wildman–Crippen MR) is 105 cm³/mol. The van der Waals surface area contributed by atoms with Crippen molar-refractivity contribution in [3.05, 3.63) is 58.9 Å². The maximum Gasteiger partial charge on any atom is 0.263 e. The molecule has 2 aromatic carbocycles. The Bertz CT molecular complexity index is 867. The quantitative estimate of drug-likeness (QED) is 0.829. The van der Waals surface area contributed by atoms with Crippen molar-refractivity contribution in [2.45, 2.75) is 13.0 Å². The highest BCUT2D eigenvalue weighted by Gasteiger charge is 2.26. The Balaban J connectivity index is 1.56. The van der Waals surface area contributed by atoms with Crippen molar-refractivity contribution in [1.82, 2.24) is 4.90 Å². The van der Waals surface area contributed by atoms with Gasteiger partial charge in [-0.25, -0.2) is 4.39 Å². The topological polar surface area (TPSA) is 75.9 Å². The number of piperazine rings is 1. The van der Waals surface area contributed by atoms with Crippen LogP contribution in [0.2, 0.25) is 5.02 Å². The third kappa shape index (κ3) is 4.54. The fraction of sp³-hybridized carbons (Fsp3) is 0.300. The molecule has 0 bridgehead atoms. The molecule has 8 heteroatoms. The van der Waals surface area contributed by atoms with Crippen LogP contribution in [0.4, 0.5) is 10.1 Å². The van der Waals surface area contributed by atoms with Gasteiger partial charge >= 0.3 is 0 Å². The number of nitrogens with zero attached hydrogens (tertiary/aromatic N) is 2. The van der Waals surface area contributed by atoms with E-state index < -0.39 is 17.8 Å². The highest BCUT2D eigenvalue weighted by Crippen LogP contribution is 2.26. The van der Waals surface area contributed by atoms with Crippen molar-refractivity contribution in [2.75, 3.05) is 31.1 Å². The molecule has 3 rings (SSSR count). The van der Waals surface area contributed by atoms with Gasteiger partial charge in [0.25, 0.3) is 5.91 Å². The van der Waals surface area contributed by atoms with Crippen molar-refractivity contribution < 1.29 is 18.7 Å². The molecule has 1 saturated heterocycles. The monoisotopic (exact) mass is 405 g/mol. The van der Waals surface area contributed by atoms with E-state index in [1.54, 1.807) is 24.0 Å². The van der Waals surface area contributed by atoms with E-state index in [2.05, 4.69) is 4.90 Å². The van der Waals surface area contributed by atoms with Gasteiger partial charge < -0.3 is 20.3 Å². The van der Waals surface area contributed by atoms with Gasteiger partial charge in [-0.1, -0.05) is 11.6 Å². The van der Waals surface area contributed by atoms with Gasteiger partial charge in [-0.15, -0.1) is 0 Å². The summed E-state index contributed by atoms with van der Waals surface area (Å²) in [6.07, 6.45) is -0.732. The zero-order valence-corrected chi connectivity index (χ0v) is 16.2. The number of benzene rings is 2. The molecule has 148 valence electrons. The number of ether oxygens (including phenoxy) is 1. The Labute approximate surface area is 167 Å². The maximum absolute atomic E-state index is 13.1. The maximum atomic E-state index is 13.1. The zero-order chi connectivity index (χ0) is 20.3. The Morgan fingerprint density at radius 2 is 1.75 bits per heavy atom. The molecule has 0 spiro atoms. The third-order valence-electron chi connectivity index (χ3n) is 4.65. The summed E-state index contributed by atoms with van der Waals surface area (Å²) in [5.74, 6) is -0.797. The highest BCUT2D eigenvalue weighted by molar-refractivity contribution is 6.32. The van der Waals surface area contributed by atoms with Gasteiger partial charge in [-0.2, -0.15) is 0 Å². The van der Waals surface area contributed by atoms with Crippen LogP contribution >= 0.6 is 11.6 Å². The van der Waals surface area contributed by atoms with Gasteiger partial charge in [0.15, 0.2) is 6.10 Å². The first kappa shape index (κ1) is 19.9. The Morgan fingerprint density at radius 1 is 1.11 bits per heavy atom. The van der Waals surface area contributed by atoms with Crippen molar-refractivity contribution >= 4 is 29.1 Å². The van der Waals surface area contributed by atoms with Crippen LogP contribution in [0.3, 0.4) is 0 Å². The molecule has 2 N–H and O–H groups in total. The lowest BCUT2D eigenvalue weighted by Crippen LogP contribution is -2.52. The average molecular weight is 406 g/mol. The summed E-state index contributed by atoms with van der Waals surface area (Å²) in [5, 5.41) is 0.129. The van der Waals surface area contributed by atoms with Crippen LogP contribution in [-0.2, 0) is 4.79 Å². The van der Waals surface area contributed by atoms with E-state index in [0.29, 0.717) is 31.7 Å². The van der Waals surface area contributed by atoms with E-state index in [0.717, 1.165) is 11.8 Å². The molecule has 1 fully saturated rings. The summed E-state index contributed by atoms with van der Waals surface area (Å²) >= 11 is 5.96. The predicted octanol–water partition coefficient (Wildman–Crippen LogP) is 2.69. The van der Waals surface area contributed by atoms with Gasteiger partial charge in [0.05, 0.1) is 5.02 Å². The molecule has 0 saturated carbocycles. The lowest BCUT2D eigenvalue weighted by Gasteiger charge is -2.37. The fourth-order valence-corrected chi connectivity index (χ4v) is 3.30. The number of hydrogen-bond acceptors (Lipinski definition) is 4. The molecule has 1 heterocycles. The molecule has 0 aliphatic carbocycles. The van der Waals surface area contributed by atoms with Gasteiger partial charge in [0, 0.05) is 37.4 Å². The largest absolute Gasteiger partial charge is 0.479 e. The van der Waals surface area contributed by atoms with Crippen LogP contribution in [-0.4, -0.2) is 49.0 Å². The van der Waals surface area contributed by atoms with Crippen LogP contribution in [0.25, 0.3) is 0 Å². The highest BCUT2D eigenvalue weighted by atomic mass is 35.5. The Kier molecular flexibility index (Phi) is 6.04. The molecule has 0 radical (unpaired) electrons. The zero-order valence-electron chi connectivity index (χ0n) is 15.4. The molecular formula is C20H21ClFN3O3. The molecule has 1 aliphatic rings. The minimum absolute atomic E-state index is 0.129. The van der Waals surface area contributed by atoms with Crippen molar-refractivity contribution in [1.29, 1.82) is 0 Å². The summed E-state index contributed by atoms with van der Waals surface area (Å²) in [7, 11) is 0. The summed E-state index contributed by atoms with van der Waals surface area (Å²) < 4.78 is 18.7. The number of primary amides is 1. The van der Waals surface area contributed by atoms with Crippen LogP contribution in [0, 0.1) is 5.82 Å². The summed E-state index contributed by atoms with van der Waals surface area (Å²) in [6.45, 7) is 4.05. The number of hydrogen-bond donors (Lipinski definition) is 1. The van der Waals surface area contributed by atoms with E-state index in [9.17, 15) is 14.0 Å². The molecule has 2 amide bonds. The van der Waals surface area contributed by atoms with Crippen LogP contribution in [0.15, 0.2) is 42.5 Å². The van der Waals surface area contributed by atoms with E-state index in [4.69, 9.17) is 22.1 Å². The average Bonchev–Trinajstić information content (AvgIpc) is 2.69. The minimum atomic E-state index is -0.732. The first-order valence-corrected chi connectivity index (χ1v) is 9.28. The molecule has 1 atom stereocenters. The second-order valence-corrected chi connectivity index (χ2v) is 6.97. The van der Waals surface area contributed by atoms with Gasteiger partial charge in [0.1, 0.15) is 11.6 Å². The molecule has 1 unspecified atom stereocenters. The van der Waals surface area contributed by atoms with Crippen molar-refractivity contribution in [3.63, 3.8) is 0 Å². The lowest BCUT2D eigenvalue weighted by molar-refractivity contribution is -0.138. The standard InChI is InChI=1S/C20H21ClFN3O3/c1-13(28-18-7-4-15(22)12-17(18)21)20(27)25-10-8-24(9-11-25)16-5-2-14(3-6-16)19(23)26/h2-7,12-13H,8-11H2,1H3,(H2,23,26). The second-order valence-electron chi connectivity index (χ2n) is 6.56. The number of amides is 2. The van der Waals surface area contributed by atoms with E-state index in [1.807, 2.05) is 12.1 Å². The second kappa shape index (κ2) is 8.48. The first-order chi connectivity index (χ1) is 13.3. The number of rotatable bonds is 5. The van der Waals surface area contributed by atoms with E-state index >= 15 is 0 Å². The smallest absolute Gasteiger partial charge is 0.263 e. The van der Waals surface area contributed by atoms with Crippen molar-refractivity contribution in [2.24, 2.45) is 5.73 Å². The van der Waals surface area contributed by atoms with Gasteiger partial charge in [-0.3, -0.25) is 9.59 Å². The van der Waals surface area contributed by atoms with E-state index in [-0.39, 0.29) is 16.7 Å². The van der Waals surface area contributed by atoms with Crippen LogP contribution in [0.5, 0.6) is 5.75 Å². The molecule has 6 nitrogen and oxygen atoms in total. The Morgan fingerprint density at radius 3 is 2.32 bits per heavy atom. The number of nitrogens with two attached hydrogens (primary N) is 1. The van der Waals surface area contributed by atoms with Crippen LogP contribution < -0.4 is 15.4 Å². The molecule has 0 aromatic heterocycles. The van der Waals surface area contributed by atoms with Gasteiger partial charge in [-0.05, 0) is 49.4 Å². The molecule has 28 heavy (non-hydrogen) atoms. The minimum Gasteiger partial charge on any atom is -0.479 e. The van der Waals surface area contributed by atoms with Gasteiger partial charge in [0.2, 0.25) is 5.91 Å². The van der Waals surface area contributed by atoms with E-state index in [1.165, 1.54) is 12.1 Å². The molecular weight excluding hydrogens is 385 g/mol. The SMILES string of the molecule is CC(Oc1ccc(F)cc1Cl)C(=O)N1CCN(c2ccc(C(N)=O)cc2)CC1. The summed E-state index contributed by atoms with van der Waals surface area (Å²) in [6, 6.07) is 10.9. The molecule has 1 aliphatic heterocycles. The lowest BCUT2D eigenvalue weighted by atomic mass is 10.1. The van der Waals surface area contributed by atoms with Crippen molar-refractivity contribution in [3.8, 4) is 5.75 Å². The normalized spacial score (nSPS) is 15.2. The fourth-order valence-electron chi connectivity index (χ4n) is 3.09. The third-order valence-corrected chi connectivity index (χ3v) is 4.95. The first-order valence-electron chi connectivity index (χ1n) is 8.90. The van der Waals surface area contributed by atoms with Crippen LogP contribution in [0.1, 0.15) is 17.3 Å². The number of carbonyl (C=O) groups is 2. The molecule has 2 aromatic rings. The summed E-state index contributed by atoms with van der Waals surface area (Å²) in [5.41, 5.74) is 6.69. The number of halogens is 2.